The Bertz CT molecular complexity index is 1650. The lowest BCUT2D eigenvalue weighted by Crippen LogP contribution is -2.29. The maximum Gasteiger partial charge on any atom is 0.274 e. The van der Waals surface area contributed by atoms with Crippen LogP contribution in [0.25, 0.3) is 22.6 Å². The van der Waals surface area contributed by atoms with Crippen molar-refractivity contribution in [1.82, 2.24) is 4.57 Å². The minimum atomic E-state index is -3.47. The Labute approximate surface area is 234 Å². The number of aromatic nitrogens is 1. The molecule has 4 rings (SSSR count). The van der Waals surface area contributed by atoms with E-state index < -0.39 is 47.2 Å². The van der Waals surface area contributed by atoms with E-state index >= 15 is 0 Å². The van der Waals surface area contributed by atoms with Crippen molar-refractivity contribution < 1.29 is 22.0 Å². The van der Waals surface area contributed by atoms with Gasteiger partial charge in [-0.2, -0.15) is 5.26 Å². The molecule has 0 atom stereocenters. The lowest BCUT2D eigenvalue weighted by atomic mass is 9.97. The number of thioether (sulfide) groups is 1. The van der Waals surface area contributed by atoms with Gasteiger partial charge in [0.1, 0.15) is 23.3 Å². The zero-order valence-corrected chi connectivity index (χ0v) is 23.3. The van der Waals surface area contributed by atoms with Gasteiger partial charge in [-0.15, -0.1) is 11.8 Å². The minimum absolute atomic E-state index is 0.0507. The van der Waals surface area contributed by atoms with Crippen molar-refractivity contribution in [3.63, 3.8) is 0 Å². The van der Waals surface area contributed by atoms with E-state index in [1.54, 1.807) is 23.9 Å². The van der Waals surface area contributed by atoms with Crippen molar-refractivity contribution in [1.29, 1.82) is 5.26 Å². The van der Waals surface area contributed by atoms with E-state index in [4.69, 9.17) is 4.42 Å². The monoisotopic (exact) mass is 568 g/mol. The van der Waals surface area contributed by atoms with Crippen LogP contribution < -0.4 is 5.56 Å². The predicted molar refractivity (Wildman–Crippen MR) is 149 cm³/mol. The Morgan fingerprint density at radius 2 is 1.80 bits per heavy atom. The van der Waals surface area contributed by atoms with Crippen LogP contribution in [0.2, 0.25) is 0 Å². The van der Waals surface area contributed by atoms with Gasteiger partial charge in [-0.3, -0.25) is 9.36 Å². The first-order valence-corrected chi connectivity index (χ1v) is 13.8. The molecule has 4 nitrogen and oxygen atoms in total. The lowest BCUT2D eigenvalue weighted by molar-refractivity contribution is -0.00876. The SMILES string of the molecule is CCSc1cc(-c2coc(-c3cc(C(F)(F)CC)c(C#N)c(=O)n3Cc3ccc(F)cc3F)c2)cc(C(C)C)c1. The molecule has 0 amide bonds. The summed E-state index contributed by atoms with van der Waals surface area (Å²) in [6.07, 6.45) is 0.832. The largest absolute Gasteiger partial charge is 0.462 e. The summed E-state index contributed by atoms with van der Waals surface area (Å²) in [4.78, 5) is 14.5. The molecule has 2 aromatic heterocycles. The summed E-state index contributed by atoms with van der Waals surface area (Å²) < 4.78 is 64.8. The van der Waals surface area contributed by atoms with E-state index in [9.17, 15) is 27.6 Å². The Balaban J connectivity index is 1.93. The van der Waals surface area contributed by atoms with E-state index in [0.29, 0.717) is 11.6 Å². The van der Waals surface area contributed by atoms with Crippen LogP contribution in [0, 0.1) is 23.0 Å². The van der Waals surface area contributed by atoms with Crippen LogP contribution in [-0.2, 0) is 12.5 Å². The van der Waals surface area contributed by atoms with Crippen LogP contribution in [0.4, 0.5) is 17.6 Å². The number of pyridine rings is 1. The van der Waals surface area contributed by atoms with E-state index in [1.807, 2.05) is 12.1 Å². The van der Waals surface area contributed by atoms with Crippen molar-refractivity contribution in [2.24, 2.45) is 0 Å². The number of rotatable bonds is 9. The lowest BCUT2D eigenvalue weighted by Gasteiger charge is -2.20. The second-order valence-corrected chi connectivity index (χ2v) is 11.0. The van der Waals surface area contributed by atoms with Gasteiger partial charge in [-0.05, 0) is 53.1 Å². The predicted octanol–water partition coefficient (Wildman–Crippen LogP) is 8.71. The zero-order valence-electron chi connectivity index (χ0n) is 22.5. The molecule has 40 heavy (non-hydrogen) atoms. The van der Waals surface area contributed by atoms with Crippen LogP contribution in [0.5, 0.6) is 0 Å². The molecule has 0 saturated heterocycles. The highest BCUT2D eigenvalue weighted by Crippen LogP contribution is 2.37. The number of halogens is 4. The Hall–Kier alpha value is -3.77. The van der Waals surface area contributed by atoms with Crippen molar-refractivity contribution >= 4 is 11.8 Å². The van der Waals surface area contributed by atoms with Crippen LogP contribution in [0.1, 0.15) is 62.3 Å². The average Bonchev–Trinajstić information content (AvgIpc) is 3.41. The van der Waals surface area contributed by atoms with Gasteiger partial charge in [-0.1, -0.05) is 39.8 Å². The highest BCUT2D eigenvalue weighted by atomic mass is 32.2. The van der Waals surface area contributed by atoms with E-state index in [0.717, 1.165) is 38.5 Å². The third kappa shape index (κ3) is 5.87. The molecule has 0 N–H and O–H groups in total. The van der Waals surface area contributed by atoms with Crippen LogP contribution in [0.3, 0.4) is 0 Å². The molecule has 0 bridgehead atoms. The first kappa shape index (κ1) is 29.2. The molecule has 0 spiro atoms. The molecule has 0 radical (unpaired) electrons. The minimum Gasteiger partial charge on any atom is -0.462 e. The van der Waals surface area contributed by atoms with Gasteiger partial charge in [0.05, 0.1) is 18.5 Å². The standard InChI is InChI=1S/C31H28F4N2O2S/c1-5-31(34,35)26-14-28(37(30(38)25(26)15-36)16-19-7-8-23(32)13-27(19)33)29-12-22(17-39-29)21-9-20(18(3)4)10-24(11-21)40-6-2/h7-14,17-18H,5-6,16H2,1-4H3. The number of alkyl halides is 2. The van der Waals surface area contributed by atoms with E-state index in [1.165, 1.54) is 19.3 Å². The van der Waals surface area contributed by atoms with Crippen molar-refractivity contribution in [3.8, 4) is 28.7 Å². The molecular weight excluding hydrogens is 540 g/mol. The summed E-state index contributed by atoms with van der Waals surface area (Å²) in [7, 11) is 0. The number of hydrogen-bond donors (Lipinski definition) is 0. The molecule has 0 aliphatic heterocycles. The topological polar surface area (TPSA) is 58.9 Å². The third-order valence-corrected chi connectivity index (χ3v) is 7.54. The molecule has 0 aliphatic rings. The molecule has 0 fully saturated rings. The second kappa shape index (κ2) is 11.8. The van der Waals surface area contributed by atoms with Gasteiger partial charge in [0.25, 0.3) is 11.5 Å². The van der Waals surface area contributed by atoms with Gasteiger partial charge in [0, 0.05) is 34.1 Å². The van der Waals surface area contributed by atoms with Crippen molar-refractivity contribution in [2.75, 3.05) is 5.75 Å². The van der Waals surface area contributed by atoms with Gasteiger partial charge in [0.15, 0.2) is 5.76 Å². The molecule has 2 aromatic carbocycles. The van der Waals surface area contributed by atoms with Gasteiger partial charge >= 0.3 is 0 Å². The van der Waals surface area contributed by atoms with Crippen LogP contribution in [0.15, 0.2) is 68.9 Å². The summed E-state index contributed by atoms with van der Waals surface area (Å²) >= 11 is 1.69. The zero-order chi connectivity index (χ0) is 29.2. The fourth-order valence-corrected chi connectivity index (χ4v) is 5.17. The number of furan rings is 1. The summed E-state index contributed by atoms with van der Waals surface area (Å²) in [5, 5.41) is 9.65. The summed E-state index contributed by atoms with van der Waals surface area (Å²) in [6.45, 7) is 7.04. The Kier molecular flexibility index (Phi) is 8.59. The third-order valence-electron chi connectivity index (χ3n) is 6.69. The fourth-order valence-electron chi connectivity index (χ4n) is 4.41. The highest BCUT2D eigenvalue weighted by Gasteiger charge is 2.35. The Morgan fingerprint density at radius 1 is 1.05 bits per heavy atom. The molecular formula is C31H28F4N2O2S. The first-order chi connectivity index (χ1) is 19.0. The molecule has 0 aliphatic carbocycles. The van der Waals surface area contributed by atoms with E-state index in [-0.39, 0.29) is 22.9 Å². The van der Waals surface area contributed by atoms with Gasteiger partial charge in [-0.25, -0.2) is 17.6 Å². The normalized spacial score (nSPS) is 11.7. The molecule has 4 aromatic rings. The quantitative estimate of drug-likeness (QED) is 0.150. The number of benzene rings is 2. The number of hydrogen-bond acceptors (Lipinski definition) is 4. The molecule has 2 heterocycles. The van der Waals surface area contributed by atoms with E-state index in [2.05, 4.69) is 26.8 Å². The smallest absolute Gasteiger partial charge is 0.274 e. The highest BCUT2D eigenvalue weighted by molar-refractivity contribution is 7.99. The van der Waals surface area contributed by atoms with Crippen LogP contribution >= 0.6 is 11.8 Å². The number of nitriles is 1. The Morgan fingerprint density at radius 3 is 2.42 bits per heavy atom. The average molecular weight is 569 g/mol. The summed E-state index contributed by atoms with van der Waals surface area (Å²) in [5.74, 6) is -3.95. The summed E-state index contributed by atoms with van der Waals surface area (Å²) in [6, 6.07) is 13.3. The van der Waals surface area contributed by atoms with Crippen molar-refractivity contribution in [3.05, 3.63) is 99.0 Å². The fraction of sp³-hybridized carbons (Fsp3) is 0.290. The maximum absolute atomic E-state index is 14.9. The summed E-state index contributed by atoms with van der Waals surface area (Å²) in [5.41, 5.74) is 0.0346. The molecule has 0 unspecified atom stereocenters. The number of nitrogens with zero attached hydrogens (tertiary/aromatic N) is 2. The van der Waals surface area contributed by atoms with Gasteiger partial charge in [0.2, 0.25) is 0 Å². The molecule has 0 saturated carbocycles. The molecule has 208 valence electrons. The maximum atomic E-state index is 14.9. The second-order valence-electron chi connectivity index (χ2n) is 9.69. The van der Waals surface area contributed by atoms with Crippen LogP contribution in [-0.4, -0.2) is 10.3 Å². The van der Waals surface area contributed by atoms with Gasteiger partial charge < -0.3 is 4.42 Å². The first-order valence-electron chi connectivity index (χ1n) is 12.9. The van der Waals surface area contributed by atoms with Crippen molar-refractivity contribution in [2.45, 2.75) is 57.4 Å². The molecule has 9 heteroatoms.